The largest absolute Gasteiger partial charge is 0.444 e. The van der Waals surface area contributed by atoms with E-state index in [2.05, 4.69) is 4.98 Å². The fourth-order valence-electron chi connectivity index (χ4n) is 3.51. The maximum absolute atomic E-state index is 12.2. The zero-order valence-electron chi connectivity index (χ0n) is 13.0. The van der Waals surface area contributed by atoms with Crippen molar-refractivity contribution >= 4 is 5.91 Å². The lowest BCUT2D eigenvalue weighted by molar-refractivity contribution is -0.138. The summed E-state index contributed by atoms with van der Waals surface area (Å²) < 4.78 is 11.1. The number of rotatable bonds is 3. The molecular formula is C18H20N2O3. The molecule has 2 fully saturated rings. The van der Waals surface area contributed by atoms with Crippen LogP contribution >= 0.6 is 0 Å². The van der Waals surface area contributed by atoms with Crippen LogP contribution in [0.4, 0.5) is 0 Å². The van der Waals surface area contributed by atoms with Crippen LogP contribution in [-0.4, -0.2) is 35.5 Å². The number of amides is 1. The molecule has 1 atom stereocenters. The maximum atomic E-state index is 12.2. The van der Waals surface area contributed by atoms with E-state index in [-0.39, 0.29) is 11.3 Å². The number of nitrogens with zero attached hydrogens (tertiary/aromatic N) is 2. The van der Waals surface area contributed by atoms with Gasteiger partial charge in [-0.1, -0.05) is 18.2 Å². The van der Waals surface area contributed by atoms with Gasteiger partial charge in [0, 0.05) is 30.6 Å². The van der Waals surface area contributed by atoms with Crippen LogP contribution in [-0.2, 0) is 16.1 Å². The highest BCUT2D eigenvalue weighted by Gasteiger charge is 2.41. The molecule has 1 amide bonds. The van der Waals surface area contributed by atoms with E-state index < -0.39 is 0 Å². The maximum Gasteiger partial charge on any atom is 0.226 e. The average Bonchev–Trinajstić information content (AvgIpc) is 3.22. The lowest BCUT2D eigenvalue weighted by Crippen LogP contribution is -2.46. The number of hydrogen-bond donors (Lipinski definition) is 0. The number of benzene rings is 1. The van der Waals surface area contributed by atoms with E-state index in [9.17, 15) is 4.79 Å². The van der Waals surface area contributed by atoms with Crippen molar-refractivity contribution in [3.8, 4) is 11.5 Å². The molecule has 23 heavy (non-hydrogen) atoms. The Morgan fingerprint density at radius 3 is 2.87 bits per heavy atom. The van der Waals surface area contributed by atoms with E-state index in [4.69, 9.17) is 9.15 Å². The third-order valence-electron chi connectivity index (χ3n) is 4.86. The monoisotopic (exact) mass is 312 g/mol. The molecule has 5 nitrogen and oxygen atoms in total. The quantitative estimate of drug-likeness (QED) is 0.874. The van der Waals surface area contributed by atoms with Crippen LogP contribution in [0.2, 0.25) is 0 Å². The van der Waals surface area contributed by atoms with Crippen molar-refractivity contribution in [1.29, 1.82) is 0 Å². The highest BCUT2D eigenvalue weighted by molar-refractivity contribution is 5.77. The van der Waals surface area contributed by atoms with Gasteiger partial charge in [0.25, 0.3) is 0 Å². The summed E-state index contributed by atoms with van der Waals surface area (Å²) in [6.07, 6.45) is 4.25. The van der Waals surface area contributed by atoms with Gasteiger partial charge < -0.3 is 14.1 Å². The lowest BCUT2D eigenvalue weighted by Gasteiger charge is -2.38. The van der Waals surface area contributed by atoms with Gasteiger partial charge in [-0.05, 0) is 25.0 Å². The molecule has 1 aromatic carbocycles. The van der Waals surface area contributed by atoms with Crippen LogP contribution in [0.15, 0.2) is 41.0 Å². The van der Waals surface area contributed by atoms with Crippen molar-refractivity contribution in [3.05, 3.63) is 42.3 Å². The normalized spacial score (nSPS) is 24.5. The molecule has 0 radical (unpaired) electrons. The number of piperidine rings is 1. The third-order valence-corrected chi connectivity index (χ3v) is 4.86. The summed E-state index contributed by atoms with van der Waals surface area (Å²) in [6, 6.07) is 9.80. The standard InChI is InChI=1S/C18H20N2O3/c21-16-6-7-18(8-9-22-13-18)12-20(16)10-15-11-23-17(19-15)14-4-2-1-3-5-14/h1-5,11H,6-10,12-13H2/t18-/m1/s1. The van der Waals surface area contributed by atoms with Crippen molar-refractivity contribution in [1.82, 2.24) is 9.88 Å². The van der Waals surface area contributed by atoms with Gasteiger partial charge in [-0.15, -0.1) is 0 Å². The first-order chi connectivity index (χ1) is 11.2. The van der Waals surface area contributed by atoms with Gasteiger partial charge in [0.05, 0.1) is 18.8 Å². The Kier molecular flexibility index (Phi) is 3.65. The van der Waals surface area contributed by atoms with Crippen molar-refractivity contribution in [3.63, 3.8) is 0 Å². The highest BCUT2D eigenvalue weighted by atomic mass is 16.5. The third kappa shape index (κ3) is 2.88. The molecule has 0 unspecified atom stereocenters. The Bertz CT molecular complexity index is 689. The van der Waals surface area contributed by atoms with Gasteiger partial charge in [-0.2, -0.15) is 0 Å². The molecule has 5 heteroatoms. The van der Waals surface area contributed by atoms with Crippen LogP contribution in [0.3, 0.4) is 0 Å². The number of aromatic nitrogens is 1. The summed E-state index contributed by atoms with van der Waals surface area (Å²) in [7, 11) is 0. The van der Waals surface area contributed by atoms with E-state index in [0.29, 0.717) is 18.9 Å². The molecule has 2 aromatic rings. The van der Waals surface area contributed by atoms with E-state index in [1.165, 1.54) is 0 Å². The Morgan fingerprint density at radius 1 is 1.22 bits per heavy atom. The smallest absolute Gasteiger partial charge is 0.226 e. The number of carbonyl (C=O) groups is 1. The van der Waals surface area contributed by atoms with Gasteiger partial charge in [-0.25, -0.2) is 4.98 Å². The number of carbonyl (C=O) groups excluding carboxylic acids is 1. The zero-order chi connectivity index (χ0) is 15.7. The molecule has 120 valence electrons. The minimum Gasteiger partial charge on any atom is -0.444 e. The summed E-state index contributed by atoms with van der Waals surface area (Å²) in [4.78, 5) is 18.7. The second kappa shape index (κ2) is 5.81. The highest BCUT2D eigenvalue weighted by Crippen LogP contribution is 2.38. The van der Waals surface area contributed by atoms with Crippen LogP contribution in [0, 0.1) is 5.41 Å². The number of hydrogen-bond acceptors (Lipinski definition) is 4. The molecule has 4 rings (SSSR count). The SMILES string of the molecule is O=C1CC[C@@]2(CCOC2)CN1Cc1coc(-c2ccccc2)n1. The minimum atomic E-state index is 0.153. The summed E-state index contributed by atoms with van der Waals surface area (Å²) in [5, 5.41) is 0. The Morgan fingerprint density at radius 2 is 2.09 bits per heavy atom. The number of likely N-dealkylation sites (tertiary alicyclic amines) is 1. The summed E-state index contributed by atoms with van der Waals surface area (Å²) >= 11 is 0. The van der Waals surface area contributed by atoms with E-state index in [1.807, 2.05) is 35.2 Å². The van der Waals surface area contributed by atoms with E-state index in [0.717, 1.165) is 43.9 Å². The predicted molar refractivity (Wildman–Crippen MR) is 84.5 cm³/mol. The summed E-state index contributed by atoms with van der Waals surface area (Å²) in [6.45, 7) is 2.85. The molecule has 2 aliphatic heterocycles. The molecule has 0 bridgehead atoms. The second-order valence-electron chi connectivity index (χ2n) is 6.56. The molecule has 0 aliphatic carbocycles. The minimum absolute atomic E-state index is 0.153. The predicted octanol–water partition coefficient (Wildman–Crippen LogP) is 2.87. The van der Waals surface area contributed by atoms with E-state index in [1.54, 1.807) is 6.26 Å². The van der Waals surface area contributed by atoms with Crippen molar-refractivity contribution in [2.45, 2.75) is 25.8 Å². The van der Waals surface area contributed by atoms with Gasteiger partial charge in [-0.3, -0.25) is 4.79 Å². The van der Waals surface area contributed by atoms with Crippen LogP contribution in [0.1, 0.15) is 25.0 Å². The van der Waals surface area contributed by atoms with Crippen molar-refractivity contribution in [2.75, 3.05) is 19.8 Å². The average molecular weight is 312 g/mol. The van der Waals surface area contributed by atoms with Gasteiger partial charge in [0.15, 0.2) is 0 Å². The molecule has 0 saturated carbocycles. The molecule has 0 N–H and O–H groups in total. The fourth-order valence-corrected chi connectivity index (χ4v) is 3.51. The zero-order valence-corrected chi connectivity index (χ0v) is 13.0. The molecule has 2 saturated heterocycles. The van der Waals surface area contributed by atoms with Crippen LogP contribution in [0.5, 0.6) is 0 Å². The fraction of sp³-hybridized carbons (Fsp3) is 0.444. The first-order valence-electron chi connectivity index (χ1n) is 8.10. The van der Waals surface area contributed by atoms with E-state index >= 15 is 0 Å². The van der Waals surface area contributed by atoms with Crippen molar-refractivity contribution < 1.29 is 13.9 Å². The number of ether oxygens (including phenoxy) is 1. The van der Waals surface area contributed by atoms with Crippen molar-refractivity contribution in [2.24, 2.45) is 5.41 Å². The molecule has 1 spiro atoms. The van der Waals surface area contributed by atoms with Gasteiger partial charge in [0.1, 0.15) is 6.26 Å². The van der Waals surface area contributed by atoms with Gasteiger partial charge in [0.2, 0.25) is 11.8 Å². The summed E-state index contributed by atoms with van der Waals surface area (Å²) in [5.74, 6) is 0.802. The van der Waals surface area contributed by atoms with Crippen LogP contribution in [0.25, 0.3) is 11.5 Å². The first-order valence-corrected chi connectivity index (χ1v) is 8.10. The second-order valence-corrected chi connectivity index (χ2v) is 6.56. The molecular weight excluding hydrogens is 292 g/mol. The van der Waals surface area contributed by atoms with Crippen LogP contribution < -0.4 is 0 Å². The summed E-state index contributed by atoms with van der Waals surface area (Å²) in [5.41, 5.74) is 1.90. The Balaban J connectivity index is 1.49. The number of oxazole rings is 1. The van der Waals surface area contributed by atoms with Gasteiger partial charge >= 0.3 is 0 Å². The first kappa shape index (κ1) is 14.5. The Labute approximate surface area is 135 Å². The topological polar surface area (TPSA) is 55.6 Å². The molecule has 3 heterocycles. The lowest BCUT2D eigenvalue weighted by atomic mass is 9.79. The Hall–Kier alpha value is -2.14. The molecule has 1 aromatic heterocycles. The molecule has 2 aliphatic rings.